The number of hydrogen-bond acceptors (Lipinski definition) is 2. The van der Waals surface area contributed by atoms with E-state index in [-0.39, 0.29) is 18.2 Å². The molecule has 0 aromatic heterocycles. The van der Waals surface area contributed by atoms with Gasteiger partial charge in [0.2, 0.25) is 11.8 Å². The van der Waals surface area contributed by atoms with Crippen LogP contribution >= 0.6 is 11.6 Å². The van der Waals surface area contributed by atoms with Crippen molar-refractivity contribution in [1.29, 1.82) is 0 Å². The summed E-state index contributed by atoms with van der Waals surface area (Å²) in [5, 5.41) is 3.55. The number of benzene rings is 2. The van der Waals surface area contributed by atoms with Crippen molar-refractivity contribution in [2.24, 2.45) is 0 Å². The molecule has 0 heterocycles. The first-order valence-corrected chi connectivity index (χ1v) is 10.2. The molecule has 0 bridgehead atoms. The summed E-state index contributed by atoms with van der Waals surface area (Å²) < 4.78 is 0. The first-order valence-electron chi connectivity index (χ1n) is 9.78. The number of nitrogens with zero attached hydrogens (tertiary/aromatic N) is 1. The number of amides is 2. The summed E-state index contributed by atoms with van der Waals surface area (Å²) in [4.78, 5) is 27.4. The van der Waals surface area contributed by atoms with Gasteiger partial charge in [-0.1, -0.05) is 61.3 Å². The molecule has 2 amide bonds. The molecule has 150 valence electrons. The molecule has 28 heavy (non-hydrogen) atoms. The highest BCUT2D eigenvalue weighted by Crippen LogP contribution is 2.17. The van der Waals surface area contributed by atoms with Crippen molar-refractivity contribution in [2.75, 3.05) is 6.54 Å². The molecule has 2 aromatic rings. The molecule has 0 spiro atoms. The van der Waals surface area contributed by atoms with Gasteiger partial charge in [-0.05, 0) is 49.1 Å². The van der Waals surface area contributed by atoms with Gasteiger partial charge in [-0.25, -0.2) is 0 Å². The van der Waals surface area contributed by atoms with Crippen molar-refractivity contribution < 1.29 is 9.59 Å². The van der Waals surface area contributed by atoms with Gasteiger partial charge in [0.15, 0.2) is 0 Å². The van der Waals surface area contributed by atoms with Crippen molar-refractivity contribution in [3.05, 3.63) is 70.2 Å². The van der Waals surface area contributed by atoms with Crippen molar-refractivity contribution in [2.45, 2.75) is 52.6 Å². The van der Waals surface area contributed by atoms with Gasteiger partial charge in [-0.15, -0.1) is 0 Å². The first-order chi connectivity index (χ1) is 13.4. The Kier molecular flexibility index (Phi) is 8.52. The molecule has 0 aliphatic rings. The first kappa shape index (κ1) is 22.0. The van der Waals surface area contributed by atoms with E-state index >= 15 is 0 Å². The summed E-state index contributed by atoms with van der Waals surface area (Å²) in [5.41, 5.74) is 2.94. The van der Waals surface area contributed by atoms with Crippen LogP contribution in [0.1, 0.15) is 43.4 Å². The van der Waals surface area contributed by atoms with Gasteiger partial charge >= 0.3 is 0 Å². The molecule has 0 saturated carbocycles. The maximum absolute atomic E-state index is 13.1. The SMILES string of the molecule is CCCCNC(=O)[C@H](C)N(Cc1cccc(Cl)c1)C(=O)Cc1ccccc1C. The minimum Gasteiger partial charge on any atom is -0.354 e. The van der Waals surface area contributed by atoms with Crippen LogP contribution in [0.15, 0.2) is 48.5 Å². The third-order valence-corrected chi connectivity index (χ3v) is 5.08. The van der Waals surface area contributed by atoms with E-state index in [4.69, 9.17) is 11.6 Å². The lowest BCUT2D eigenvalue weighted by atomic mass is 10.0. The van der Waals surface area contributed by atoms with Crippen LogP contribution < -0.4 is 5.32 Å². The summed E-state index contributed by atoms with van der Waals surface area (Å²) >= 11 is 6.10. The lowest BCUT2D eigenvalue weighted by molar-refractivity contribution is -0.140. The Morgan fingerprint density at radius 3 is 2.57 bits per heavy atom. The van der Waals surface area contributed by atoms with Crippen molar-refractivity contribution in [3.63, 3.8) is 0 Å². The smallest absolute Gasteiger partial charge is 0.242 e. The van der Waals surface area contributed by atoms with Crippen LogP contribution in [0.3, 0.4) is 0 Å². The number of aryl methyl sites for hydroxylation is 1. The van der Waals surface area contributed by atoms with E-state index in [1.54, 1.807) is 17.9 Å². The third kappa shape index (κ3) is 6.38. The number of rotatable bonds is 9. The van der Waals surface area contributed by atoms with Crippen LogP contribution in [0.25, 0.3) is 0 Å². The zero-order valence-corrected chi connectivity index (χ0v) is 17.6. The summed E-state index contributed by atoms with van der Waals surface area (Å²) in [6, 6.07) is 14.7. The van der Waals surface area contributed by atoms with Gasteiger partial charge in [-0.3, -0.25) is 9.59 Å². The van der Waals surface area contributed by atoms with Gasteiger partial charge in [-0.2, -0.15) is 0 Å². The predicted octanol–water partition coefficient (Wildman–Crippen LogP) is 4.52. The van der Waals surface area contributed by atoms with Gasteiger partial charge in [0.25, 0.3) is 0 Å². The van der Waals surface area contributed by atoms with Crippen molar-refractivity contribution in [3.8, 4) is 0 Å². The van der Waals surface area contributed by atoms with E-state index in [2.05, 4.69) is 12.2 Å². The molecule has 2 rings (SSSR count). The van der Waals surface area contributed by atoms with E-state index in [1.165, 1.54) is 0 Å². The molecule has 1 atom stereocenters. The fraction of sp³-hybridized carbons (Fsp3) is 0.391. The van der Waals surface area contributed by atoms with Gasteiger partial charge in [0.1, 0.15) is 6.04 Å². The lowest BCUT2D eigenvalue weighted by Gasteiger charge is -2.29. The molecule has 1 N–H and O–H groups in total. The highest BCUT2D eigenvalue weighted by atomic mass is 35.5. The van der Waals surface area contributed by atoms with E-state index in [1.807, 2.05) is 49.4 Å². The molecule has 4 nitrogen and oxygen atoms in total. The van der Waals surface area contributed by atoms with Gasteiger partial charge in [0, 0.05) is 18.1 Å². The summed E-state index contributed by atoms with van der Waals surface area (Å²) in [7, 11) is 0. The normalized spacial score (nSPS) is 11.7. The molecule has 0 radical (unpaired) electrons. The quantitative estimate of drug-likeness (QED) is 0.629. The predicted molar refractivity (Wildman–Crippen MR) is 114 cm³/mol. The van der Waals surface area contributed by atoms with Crippen LogP contribution in [-0.4, -0.2) is 29.3 Å². The molecule has 5 heteroatoms. The largest absolute Gasteiger partial charge is 0.354 e. The third-order valence-electron chi connectivity index (χ3n) is 4.84. The van der Waals surface area contributed by atoms with Crippen LogP contribution in [0, 0.1) is 6.92 Å². The molecular weight excluding hydrogens is 372 g/mol. The fourth-order valence-corrected chi connectivity index (χ4v) is 3.24. The van der Waals surface area contributed by atoms with E-state index in [0.29, 0.717) is 18.1 Å². The molecular formula is C23H29ClN2O2. The number of nitrogens with one attached hydrogen (secondary N) is 1. The average Bonchev–Trinajstić information content (AvgIpc) is 2.67. The summed E-state index contributed by atoms with van der Waals surface area (Å²) in [6.07, 6.45) is 2.19. The molecule has 0 fully saturated rings. The van der Waals surface area contributed by atoms with E-state index < -0.39 is 6.04 Å². The zero-order valence-electron chi connectivity index (χ0n) is 16.9. The number of halogens is 1. The topological polar surface area (TPSA) is 49.4 Å². The van der Waals surface area contributed by atoms with Crippen LogP contribution in [0.5, 0.6) is 0 Å². The number of hydrogen-bond donors (Lipinski definition) is 1. The van der Waals surface area contributed by atoms with Gasteiger partial charge in [0.05, 0.1) is 6.42 Å². The fourth-order valence-electron chi connectivity index (χ4n) is 3.02. The standard InChI is InChI=1S/C23H29ClN2O2/c1-4-5-13-25-23(28)18(3)26(16-19-10-8-12-21(24)14-19)22(27)15-20-11-7-6-9-17(20)2/h6-12,14,18H,4-5,13,15-16H2,1-3H3,(H,25,28)/t18-/m0/s1. The Bertz CT molecular complexity index is 807. The second-order valence-corrected chi connectivity index (χ2v) is 7.51. The maximum Gasteiger partial charge on any atom is 0.242 e. The lowest BCUT2D eigenvalue weighted by Crippen LogP contribution is -2.48. The number of carbonyl (C=O) groups excluding carboxylic acids is 2. The van der Waals surface area contributed by atoms with Crippen LogP contribution in [0.4, 0.5) is 0 Å². The second kappa shape index (κ2) is 10.9. The highest BCUT2D eigenvalue weighted by molar-refractivity contribution is 6.30. The number of carbonyl (C=O) groups is 2. The Labute approximate surface area is 172 Å². The Morgan fingerprint density at radius 1 is 1.14 bits per heavy atom. The van der Waals surface area contributed by atoms with Gasteiger partial charge < -0.3 is 10.2 Å². The Balaban J connectivity index is 2.20. The zero-order chi connectivity index (χ0) is 20.5. The van der Waals surface area contributed by atoms with Crippen LogP contribution in [0.2, 0.25) is 5.02 Å². The Hall–Kier alpha value is -2.33. The maximum atomic E-state index is 13.1. The summed E-state index contributed by atoms with van der Waals surface area (Å²) in [5.74, 6) is -0.207. The molecule has 0 unspecified atom stereocenters. The van der Waals surface area contributed by atoms with Crippen LogP contribution in [-0.2, 0) is 22.6 Å². The van der Waals surface area contributed by atoms with Crippen molar-refractivity contribution in [1.82, 2.24) is 10.2 Å². The molecule has 2 aromatic carbocycles. The molecule has 0 aliphatic heterocycles. The minimum absolute atomic E-state index is 0.0765. The Morgan fingerprint density at radius 2 is 1.89 bits per heavy atom. The number of unbranched alkanes of at least 4 members (excludes halogenated alkanes) is 1. The van der Waals surface area contributed by atoms with E-state index in [0.717, 1.165) is 29.5 Å². The molecule has 0 aliphatic carbocycles. The average molecular weight is 401 g/mol. The second-order valence-electron chi connectivity index (χ2n) is 7.08. The minimum atomic E-state index is -0.563. The molecule has 0 saturated heterocycles. The summed E-state index contributed by atoms with van der Waals surface area (Å²) in [6.45, 7) is 6.81. The van der Waals surface area contributed by atoms with Crippen molar-refractivity contribution >= 4 is 23.4 Å². The monoisotopic (exact) mass is 400 g/mol. The highest BCUT2D eigenvalue weighted by Gasteiger charge is 2.26. The van der Waals surface area contributed by atoms with E-state index in [9.17, 15) is 9.59 Å².